The number of halogens is 3. The fourth-order valence-corrected chi connectivity index (χ4v) is 3.26. The number of ether oxygens (including phenoxy) is 1. The summed E-state index contributed by atoms with van der Waals surface area (Å²) in [7, 11) is 0. The van der Waals surface area contributed by atoms with Gasteiger partial charge in [-0.2, -0.15) is 8.78 Å². The highest BCUT2D eigenvalue weighted by Crippen LogP contribution is 2.29. The molecule has 0 saturated carbocycles. The van der Waals surface area contributed by atoms with Gasteiger partial charge in [-0.05, 0) is 55.9 Å². The van der Waals surface area contributed by atoms with Gasteiger partial charge in [0.25, 0.3) is 17.6 Å². The van der Waals surface area contributed by atoms with Crippen molar-refractivity contribution >= 4 is 40.9 Å². The van der Waals surface area contributed by atoms with E-state index in [2.05, 4.69) is 10.3 Å². The van der Waals surface area contributed by atoms with Gasteiger partial charge < -0.3 is 15.0 Å². The van der Waals surface area contributed by atoms with Crippen LogP contribution < -0.4 is 10.1 Å². The van der Waals surface area contributed by atoms with Crippen molar-refractivity contribution in [3.8, 4) is 5.75 Å². The van der Waals surface area contributed by atoms with Gasteiger partial charge in [0.1, 0.15) is 10.8 Å². The largest absolute Gasteiger partial charge is 0.482 e. The Morgan fingerprint density at radius 3 is 2.62 bits per heavy atom. The van der Waals surface area contributed by atoms with Crippen LogP contribution >= 0.6 is 23.4 Å². The quantitative estimate of drug-likeness (QED) is 0.576. The van der Waals surface area contributed by atoms with Crippen LogP contribution in [0, 0.1) is 0 Å². The number of rotatable bonds is 9. The summed E-state index contributed by atoms with van der Waals surface area (Å²) in [5, 5.41) is 2.72. The van der Waals surface area contributed by atoms with Gasteiger partial charge in [0.2, 0.25) is 0 Å². The number of benzene rings is 1. The Kier molecular flexibility index (Phi) is 8.66. The summed E-state index contributed by atoms with van der Waals surface area (Å²) in [5.41, 5.74) is 0.373. The van der Waals surface area contributed by atoms with E-state index in [-0.39, 0.29) is 39.9 Å². The Hall–Kier alpha value is -2.39. The number of anilines is 1. The van der Waals surface area contributed by atoms with Crippen LogP contribution in [0.2, 0.25) is 5.02 Å². The van der Waals surface area contributed by atoms with E-state index in [9.17, 15) is 18.4 Å². The summed E-state index contributed by atoms with van der Waals surface area (Å²) < 4.78 is 30.7. The summed E-state index contributed by atoms with van der Waals surface area (Å²) >= 11 is 6.37. The minimum absolute atomic E-state index is 0.0269. The molecule has 2 aromatic rings. The van der Waals surface area contributed by atoms with Gasteiger partial charge in [-0.1, -0.05) is 11.6 Å². The third kappa shape index (κ3) is 6.57. The SMILES string of the molecule is CCN(CC)C(=O)COc1ccc(NC(=O)c2cccnc2SC(F)F)cc1Cl. The second-order valence-corrected chi connectivity index (χ2v) is 7.07. The molecule has 1 aromatic carbocycles. The van der Waals surface area contributed by atoms with E-state index in [1.807, 2.05) is 13.8 Å². The molecule has 0 unspecified atom stereocenters. The maximum Gasteiger partial charge on any atom is 0.290 e. The van der Waals surface area contributed by atoms with Crippen molar-refractivity contribution in [2.45, 2.75) is 24.6 Å². The lowest BCUT2D eigenvalue weighted by Crippen LogP contribution is -2.34. The molecule has 156 valence electrons. The van der Waals surface area contributed by atoms with Crippen molar-refractivity contribution < 1.29 is 23.1 Å². The molecule has 1 heterocycles. The third-order valence-corrected chi connectivity index (χ3v) is 4.90. The van der Waals surface area contributed by atoms with E-state index in [0.29, 0.717) is 24.5 Å². The molecule has 0 aliphatic rings. The molecule has 0 bridgehead atoms. The van der Waals surface area contributed by atoms with Crippen molar-refractivity contribution in [2.75, 3.05) is 25.0 Å². The van der Waals surface area contributed by atoms with Crippen LogP contribution in [0.1, 0.15) is 24.2 Å². The summed E-state index contributed by atoms with van der Waals surface area (Å²) in [4.78, 5) is 29.9. The average Bonchev–Trinajstić information content (AvgIpc) is 2.68. The topological polar surface area (TPSA) is 71.5 Å². The van der Waals surface area contributed by atoms with Crippen LogP contribution in [0.3, 0.4) is 0 Å². The smallest absolute Gasteiger partial charge is 0.290 e. The van der Waals surface area contributed by atoms with E-state index < -0.39 is 11.7 Å². The van der Waals surface area contributed by atoms with E-state index >= 15 is 0 Å². The van der Waals surface area contributed by atoms with E-state index in [0.717, 1.165) is 0 Å². The minimum Gasteiger partial charge on any atom is -0.482 e. The number of hydrogen-bond acceptors (Lipinski definition) is 5. The van der Waals surface area contributed by atoms with Gasteiger partial charge in [-0.15, -0.1) is 0 Å². The number of thioether (sulfide) groups is 1. The first-order valence-corrected chi connectivity index (χ1v) is 10.0. The Balaban J connectivity index is 2.06. The number of nitrogens with one attached hydrogen (secondary N) is 1. The van der Waals surface area contributed by atoms with Crippen molar-refractivity contribution in [3.05, 3.63) is 47.1 Å². The average molecular weight is 444 g/mol. The second kappa shape index (κ2) is 11.0. The fourth-order valence-electron chi connectivity index (χ4n) is 2.44. The Bertz CT molecular complexity index is 866. The lowest BCUT2D eigenvalue weighted by Gasteiger charge is -2.19. The summed E-state index contributed by atoms with van der Waals surface area (Å²) in [6.07, 6.45) is 1.34. The highest BCUT2D eigenvalue weighted by atomic mass is 35.5. The van der Waals surface area contributed by atoms with Crippen LogP contribution in [0.4, 0.5) is 14.5 Å². The van der Waals surface area contributed by atoms with Gasteiger partial charge in [0, 0.05) is 25.0 Å². The standard InChI is InChI=1S/C19H20ClF2N3O3S/c1-3-25(4-2)16(26)11-28-15-8-7-12(10-14(15)20)24-17(27)13-6-5-9-23-18(13)29-19(21)22/h5-10,19H,3-4,11H2,1-2H3,(H,24,27). The van der Waals surface area contributed by atoms with Gasteiger partial charge in [-0.25, -0.2) is 4.98 Å². The van der Waals surface area contributed by atoms with E-state index in [4.69, 9.17) is 16.3 Å². The van der Waals surface area contributed by atoms with Crippen molar-refractivity contribution in [3.63, 3.8) is 0 Å². The number of pyridine rings is 1. The highest BCUT2D eigenvalue weighted by molar-refractivity contribution is 7.99. The molecular weight excluding hydrogens is 424 g/mol. The van der Waals surface area contributed by atoms with Gasteiger partial charge >= 0.3 is 0 Å². The normalized spacial score (nSPS) is 10.7. The van der Waals surface area contributed by atoms with Crippen LogP contribution in [-0.2, 0) is 4.79 Å². The summed E-state index contributed by atoms with van der Waals surface area (Å²) in [6.45, 7) is 4.75. The monoisotopic (exact) mass is 443 g/mol. The number of carbonyl (C=O) groups is 2. The molecule has 0 aliphatic carbocycles. The molecule has 0 aliphatic heterocycles. The Labute approximate surface area is 176 Å². The summed E-state index contributed by atoms with van der Waals surface area (Å²) in [5.74, 6) is -3.16. The highest BCUT2D eigenvalue weighted by Gasteiger charge is 2.17. The maximum atomic E-state index is 12.6. The zero-order chi connectivity index (χ0) is 21.4. The first-order valence-electron chi connectivity index (χ1n) is 8.77. The number of hydrogen-bond donors (Lipinski definition) is 1. The van der Waals surface area contributed by atoms with Crippen molar-refractivity contribution in [2.24, 2.45) is 0 Å². The van der Waals surface area contributed by atoms with Crippen LogP contribution in [0.5, 0.6) is 5.75 Å². The number of carbonyl (C=O) groups excluding carboxylic acids is 2. The summed E-state index contributed by atoms with van der Waals surface area (Å²) in [6, 6.07) is 7.40. The van der Waals surface area contributed by atoms with E-state index in [1.165, 1.54) is 36.5 Å². The fraction of sp³-hybridized carbons (Fsp3) is 0.316. The lowest BCUT2D eigenvalue weighted by atomic mass is 10.2. The molecule has 0 spiro atoms. The first-order chi connectivity index (χ1) is 13.8. The number of alkyl halides is 2. The molecule has 2 rings (SSSR count). The number of likely N-dealkylation sites (N-methyl/N-ethyl adjacent to an activating group) is 1. The number of aromatic nitrogens is 1. The molecular formula is C19H20ClF2N3O3S. The number of amides is 2. The van der Waals surface area contributed by atoms with Gasteiger partial charge in [-0.3, -0.25) is 9.59 Å². The van der Waals surface area contributed by atoms with Gasteiger partial charge in [0.15, 0.2) is 6.61 Å². The zero-order valence-corrected chi connectivity index (χ0v) is 17.4. The van der Waals surface area contributed by atoms with Crippen LogP contribution in [0.15, 0.2) is 41.6 Å². The molecule has 0 atom stereocenters. The van der Waals surface area contributed by atoms with Crippen molar-refractivity contribution in [1.29, 1.82) is 0 Å². The molecule has 10 heteroatoms. The zero-order valence-electron chi connectivity index (χ0n) is 15.8. The Morgan fingerprint density at radius 1 is 1.28 bits per heavy atom. The van der Waals surface area contributed by atoms with Crippen LogP contribution in [-0.4, -0.2) is 47.2 Å². The van der Waals surface area contributed by atoms with E-state index in [1.54, 1.807) is 4.90 Å². The number of nitrogens with zero attached hydrogens (tertiary/aromatic N) is 2. The molecule has 1 aromatic heterocycles. The molecule has 2 amide bonds. The lowest BCUT2D eigenvalue weighted by molar-refractivity contribution is -0.132. The molecule has 0 fully saturated rings. The molecule has 6 nitrogen and oxygen atoms in total. The van der Waals surface area contributed by atoms with Gasteiger partial charge in [0.05, 0.1) is 10.6 Å². The predicted octanol–water partition coefficient (Wildman–Crippen LogP) is 4.55. The molecule has 0 saturated heterocycles. The van der Waals surface area contributed by atoms with Crippen LogP contribution in [0.25, 0.3) is 0 Å². The maximum absolute atomic E-state index is 12.6. The molecule has 0 radical (unpaired) electrons. The first kappa shape index (κ1) is 22.9. The third-order valence-electron chi connectivity index (χ3n) is 3.87. The molecule has 1 N–H and O–H groups in total. The van der Waals surface area contributed by atoms with Crippen molar-refractivity contribution in [1.82, 2.24) is 9.88 Å². The Morgan fingerprint density at radius 2 is 2.00 bits per heavy atom. The minimum atomic E-state index is -2.69. The predicted molar refractivity (Wildman–Crippen MR) is 109 cm³/mol. The molecule has 29 heavy (non-hydrogen) atoms. The second-order valence-electron chi connectivity index (χ2n) is 5.69.